The van der Waals surface area contributed by atoms with Crippen LogP contribution in [0.25, 0.3) is 0 Å². The molecule has 0 aliphatic heterocycles. The van der Waals surface area contributed by atoms with Crippen molar-refractivity contribution in [2.24, 2.45) is 10.7 Å². The molecular formula is C14H22ClN3O. The Hall–Kier alpha value is -1.26. The molecule has 106 valence electrons. The van der Waals surface area contributed by atoms with E-state index < -0.39 is 0 Å². The van der Waals surface area contributed by atoms with Crippen LogP contribution in [0.4, 0.5) is 0 Å². The van der Waals surface area contributed by atoms with Crippen molar-refractivity contribution in [1.82, 2.24) is 5.32 Å². The third-order valence-electron chi connectivity index (χ3n) is 2.88. The van der Waals surface area contributed by atoms with E-state index in [1.165, 1.54) is 5.56 Å². The number of nitrogens with two attached hydrogens (primary N) is 1. The van der Waals surface area contributed by atoms with E-state index >= 15 is 0 Å². The first kappa shape index (κ1) is 15.8. The summed E-state index contributed by atoms with van der Waals surface area (Å²) >= 11 is 5.89. The minimum atomic E-state index is -0.0852. The lowest BCUT2D eigenvalue weighted by atomic mass is 9.85. The summed E-state index contributed by atoms with van der Waals surface area (Å²) in [5.74, 6) is 0.444. The van der Waals surface area contributed by atoms with Crippen molar-refractivity contribution in [1.29, 1.82) is 0 Å². The van der Waals surface area contributed by atoms with Gasteiger partial charge in [0.1, 0.15) is 0 Å². The number of nitrogens with zero attached hydrogens (tertiary/aromatic N) is 1. The van der Waals surface area contributed by atoms with Gasteiger partial charge in [0.25, 0.3) is 0 Å². The Morgan fingerprint density at radius 3 is 2.58 bits per heavy atom. The monoisotopic (exact) mass is 283 g/mol. The van der Waals surface area contributed by atoms with Crippen LogP contribution in [0.2, 0.25) is 5.02 Å². The number of hydrogen-bond acceptors (Lipinski definition) is 2. The number of halogens is 1. The van der Waals surface area contributed by atoms with E-state index in [2.05, 4.69) is 24.2 Å². The summed E-state index contributed by atoms with van der Waals surface area (Å²) in [4.78, 5) is 4.36. The largest absolute Gasteiger partial charge is 0.383 e. The van der Waals surface area contributed by atoms with E-state index in [9.17, 15) is 0 Å². The molecule has 5 heteroatoms. The van der Waals surface area contributed by atoms with Crippen molar-refractivity contribution in [2.45, 2.75) is 19.3 Å². The summed E-state index contributed by atoms with van der Waals surface area (Å²) in [6.45, 7) is 6.13. The Labute approximate surface area is 120 Å². The zero-order valence-corrected chi connectivity index (χ0v) is 12.5. The normalized spacial score (nSPS) is 12.5. The maximum absolute atomic E-state index is 5.89. The maximum atomic E-state index is 5.89. The van der Waals surface area contributed by atoms with Crippen molar-refractivity contribution >= 4 is 17.6 Å². The molecule has 0 aromatic heterocycles. The van der Waals surface area contributed by atoms with Gasteiger partial charge in [-0.3, -0.25) is 4.99 Å². The average molecular weight is 284 g/mol. The van der Waals surface area contributed by atoms with Crippen molar-refractivity contribution in [3.63, 3.8) is 0 Å². The lowest BCUT2D eigenvalue weighted by Crippen LogP contribution is -2.35. The van der Waals surface area contributed by atoms with Gasteiger partial charge in [-0.15, -0.1) is 0 Å². The first-order chi connectivity index (χ1) is 8.95. The van der Waals surface area contributed by atoms with Crippen LogP contribution in [0.15, 0.2) is 29.3 Å². The van der Waals surface area contributed by atoms with Crippen LogP contribution < -0.4 is 11.1 Å². The van der Waals surface area contributed by atoms with Crippen LogP contribution in [0.3, 0.4) is 0 Å². The highest BCUT2D eigenvalue weighted by molar-refractivity contribution is 6.30. The lowest BCUT2D eigenvalue weighted by Gasteiger charge is -2.23. The van der Waals surface area contributed by atoms with E-state index in [1.54, 1.807) is 7.11 Å². The van der Waals surface area contributed by atoms with E-state index in [-0.39, 0.29) is 5.41 Å². The highest BCUT2D eigenvalue weighted by atomic mass is 35.5. The predicted molar refractivity (Wildman–Crippen MR) is 80.8 cm³/mol. The number of methoxy groups -OCH3 is 1. The molecule has 1 rings (SSSR count). The van der Waals surface area contributed by atoms with E-state index in [0.717, 1.165) is 5.02 Å². The number of guanidine groups is 1. The van der Waals surface area contributed by atoms with Gasteiger partial charge >= 0.3 is 0 Å². The SMILES string of the molecule is COCCNC(N)=NCC(C)(C)c1ccc(Cl)cc1. The van der Waals surface area contributed by atoms with Crippen LogP contribution >= 0.6 is 11.6 Å². The van der Waals surface area contributed by atoms with Crippen LogP contribution in [0.1, 0.15) is 19.4 Å². The molecule has 4 nitrogen and oxygen atoms in total. The molecule has 0 radical (unpaired) electrons. The number of benzene rings is 1. The third kappa shape index (κ3) is 5.49. The summed E-state index contributed by atoms with van der Waals surface area (Å²) in [5, 5.41) is 3.74. The lowest BCUT2D eigenvalue weighted by molar-refractivity contribution is 0.204. The standard InChI is InChI=1S/C14H22ClN3O/c1-14(2,11-4-6-12(15)7-5-11)10-18-13(16)17-8-9-19-3/h4-7H,8-10H2,1-3H3,(H3,16,17,18). The molecule has 0 aliphatic carbocycles. The zero-order valence-electron chi connectivity index (χ0n) is 11.7. The fraction of sp³-hybridized carbons (Fsp3) is 0.500. The number of nitrogens with one attached hydrogen (secondary N) is 1. The van der Waals surface area contributed by atoms with Gasteiger partial charge in [-0.05, 0) is 17.7 Å². The third-order valence-corrected chi connectivity index (χ3v) is 3.13. The van der Waals surface area contributed by atoms with Crippen LogP contribution in [-0.4, -0.2) is 32.8 Å². The molecule has 0 fully saturated rings. The highest BCUT2D eigenvalue weighted by Gasteiger charge is 2.20. The highest BCUT2D eigenvalue weighted by Crippen LogP contribution is 2.24. The summed E-state index contributed by atoms with van der Waals surface area (Å²) in [6.07, 6.45) is 0. The molecule has 1 aromatic carbocycles. The molecule has 0 saturated heterocycles. The molecule has 19 heavy (non-hydrogen) atoms. The first-order valence-corrected chi connectivity index (χ1v) is 6.62. The summed E-state index contributed by atoms with van der Waals surface area (Å²) in [5.41, 5.74) is 6.89. The minimum Gasteiger partial charge on any atom is -0.383 e. The van der Waals surface area contributed by atoms with Gasteiger partial charge in [0.15, 0.2) is 5.96 Å². The quantitative estimate of drug-likeness (QED) is 0.478. The fourth-order valence-corrected chi connectivity index (χ4v) is 1.74. The van der Waals surface area contributed by atoms with Crippen molar-refractivity contribution in [3.05, 3.63) is 34.9 Å². The summed E-state index contributed by atoms with van der Waals surface area (Å²) < 4.78 is 4.93. The molecule has 0 unspecified atom stereocenters. The predicted octanol–water partition coefficient (Wildman–Crippen LogP) is 2.17. The Morgan fingerprint density at radius 2 is 2.00 bits per heavy atom. The molecule has 3 N–H and O–H groups in total. The van der Waals surface area contributed by atoms with Gasteiger partial charge in [-0.25, -0.2) is 0 Å². The Kier molecular flexibility index (Phi) is 6.12. The molecule has 0 amide bonds. The second kappa shape index (κ2) is 7.36. The average Bonchev–Trinajstić information content (AvgIpc) is 2.37. The van der Waals surface area contributed by atoms with E-state index in [1.807, 2.05) is 24.3 Å². The van der Waals surface area contributed by atoms with Crippen molar-refractivity contribution in [3.8, 4) is 0 Å². The van der Waals surface area contributed by atoms with Gasteiger partial charge in [-0.1, -0.05) is 37.6 Å². The van der Waals surface area contributed by atoms with E-state index in [0.29, 0.717) is 25.7 Å². The first-order valence-electron chi connectivity index (χ1n) is 6.24. The maximum Gasteiger partial charge on any atom is 0.188 e. The molecular weight excluding hydrogens is 262 g/mol. The summed E-state index contributed by atoms with van der Waals surface area (Å²) in [6, 6.07) is 7.82. The van der Waals surface area contributed by atoms with Crippen molar-refractivity contribution in [2.75, 3.05) is 26.8 Å². The molecule has 0 atom stereocenters. The number of aliphatic imine (C=N–C) groups is 1. The molecule has 1 aromatic rings. The van der Waals surface area contributed by atoms with E-state index in [4.69, 9.17) is 22.1 Å². The number of rotatable bonds is 6. The number of ether oxygens (including phenoxy) is 1. The molecule has 0 bridgehead atoms. The summed E-state index contributed by atoms with van der Waals surface area (Å²) in [7, 11) is 1.65. The molecule has 0 aliphatic rings. The Morgan fingerprint density at radius 1 is 1.37 bits per heavy atom. The van der Waals surface area contributed by atoms with Crippen LogP contribution in [0, 0.1) is 0 Å². The molecule has 0 heterocycles. The van der Waals surface area contributed by atoms with Crippen LogP contribution in [0.5, 0.6) is 0 Å². The van der Waals surface area contributed by atoms with Gasteiger partial charge in [0.2, 0.25) is 0 Å². The Balaban J connectivity index is 2.58. The number of hydrogen-bond donors (Lipinski definition) is 2. The van der Waals surface area contributed by atoms with Crippen molar-refractivity contribution < 1.29 is 4.74 Å². The Bertz CT molecular complexity index is 415. The zero-order chi connectivity index (χ0) is 14.3. The topological polar surface area (TPSA) is 59.6 Å². The van der Waals surface area contributed by atoms with Gasteiger partial charge in [0, 0.05) is 24.1 Å². The van der Waals surface area contributed by atoms with Gasteiger partial charge in [-0.2, -0.15) is 0 Å². The fourth-order valence-electron chi connectivity index (χ4n) is 1.61. The van der Waals surface area contributed by atoms with Gasteiger partial charge in [0.05, 0.1) is 13.2 Å². The van der Waals surface area contributed by atoms with Gasteiger partial charge < -0.3 is 15.8 Å². The molecule has 0 spiro atoms. The second-order valence-corrected chi connectivity index (χ2v) is 5.45. The smallest absolute Gasteiger partial charge is 0.188 e. The second-order valence-electron chi connectivity index (χ2n) is 5.01. The molecule has 0 saturated carbocycles. The minimum absolute atomic E-state index is 0.0852. The van der Waals surface area contributed by atoms with Crippen LogP contribution in [-0.2, 0) is 10.2 Å².